The van der Waals surface area contributed by atoms with Gasteiger partial charge in [-0.05, 0) is 19.1 Å². The monoisotopic (exact) mass is 425 g/mol. The molecule has 0 fully saturated rings. The molecule has 3 aromatic heterocycles. The second-order valence-corrected chi connectivity index (χ2v) is 6.98. The Kier molecular flexibility index (Phi) is 4.89. The lowest BCUT2D eigenvalue weighted by molar-refractivity contribution is -0.141. The average Bonchev–Trinajstić information content (AvgIpc) is 3.22. The quantitative estimate of drug-likeness (QED) is 0.650. The Balaban J connectivity index is 1.70. The summed E-state index contributed by atoms with van der Waals surface area (Å²) in [6.45, 7) is 1.38. The smallest absolute Gasteiger partial charge is 0.349 e. The highest BCUT2D eigenvalue weighted by molar-refractivity contribution is 7.20. The second-order valence-electron chi connectivity index (χ2n) is 5.95. The Labute approximate surface area is 157 Å². The number of thiophene rings is 1. The molecule has 28 heavy (non-hydrogen) atoms. The van der Waals surface area contributed by atoms with Crippen molar-refractivity contribution in [2.75, 3.05) is 6.54 Å². The molecule has 0 aromatic carbocycles. The first-order valence-corrected chi connectivity index (χ1v) is 8.63. The molecule has 1 N–H and O–H groups in total. The van der Waals surface area contributed by atoms with Gasteiger partial charge in [0.1, 0.15) is 4.83 Å². The number of hydrogen-bond acceptors (Lipinski definition) is 4. The van der Waals surface area contributed by atoms with Crippen LogP contribution in [-0.4, -0.2) is 32.0 Å². The predicted molar refractivity (Wildman–Crippen MR) is 87.9 cm³/mol. The van der Waals surface area contributed by atoms with E-state index < -0.39 is 29.6 Å². The molecule has 0 aliphatic carbocycles. The Morgan fingerprint density at radius 2 is 1.82 bits per heavy atom. The number of hydrogen-bond donors (Lipinski definition) is 1. The third kappa shape index (κ3) is 3.84. The predicted octanol–water partition coefficient (Wildman–Crippen LogP) is 3.61. The summed E-state index contributed by atoms with van der Waals surface area (Å²) in [4.78, 5) is 12.4. The van der Waals surface area contributed by atoms with Gasteiger partial charge in [0.05, 0.1) is 11.4 Å². The first-order chi connectivity index (χ1) is 12.9. The summed E-state index contributed by atoms with van der Waals surface area (Å²) in [5, 5.41) is 9.15. The van der Waals surface area contributed by atoms with Crippen molar-refractivity contribution in [2.45, 2.75) is 25.8 Å². The molecule has 0 aliphatic heterocycles. The summed E-state index contributed by atoms with van der Waals surface area (Å²) in [5.74, 6) is -0.629. The number of aryl methyl sites for hydroxylation is 2. The van der Waals surface area contributed by atoms with E-state index in [2.05, 4.69) is 15.5 Å². The highest BCUT2D eigenvalue weighted by atomic mass is 32.1. The van der Waals surface area contributed by atoms with Gasteiger partial charge in [0.2, 0.25) is 0 Å². The molecule has 0 aliphatic rings. The number of rotatable bonds is 4. The molecular formula is C15H13F6N5OS. The van der Waals surface area contributed by atoms with Crippen molar-refractivity contribution in [3.63, 3.8) is 0 Å². The zero-order valence-electron chi connectivity index (χ0n) is 14.4. The summed E-state index contributed by atoms with van der Waals surface area (Å²) < 4.78 is 79.1. The zero-order chi connectivity index (χ0) is 20.9. The lowest BCUT2D eigenvalue weighted by Crippen LogP contribution is -2.27. The van der Waals surface area contributed by atoms with Gasteiger partial charge in [-0.3, -0.25) is 14.2 Å². The van der Waals surface area contributed by atoms with Crippen molar-refractivity contribution in [1.82, 2.24) is 24.9 Å². The maximum atomic E-state index is 13.0. The van der Waals surface area contributed by atoms with Crippen LogP contribution in [0.2, 0.25) is 0 Å². The number of alkyl halides is 6. The van der Waals surface area contributed by atoms with Gasteiger partial charge in [-0.25, -0.2) is 0 Å². The van der Waals surface area contributed by atoms with Crippen LogP contribution in [0.5, 0.6) is 0 Å². The van der Waals surface area contributed by atoms with E-state index in [4.69, 9.17) is 0 Å². The molecule has 0 spiro atoms. The molecule has 152 valence electrons. The number of carbonyl (C=O) groups excluding carboxylic acids is 1. The number of amides is 1. The van der Waals surface area contributed by atoms with Crippen molar-refractivity contribution in [2.24, 2.45) is 7.05 Å². The van der Waals surface area contributed by atoms with Crippen LogP contribution in [0, 0.1) is 6.92 Å². The molecule has 13 heteroatoms. The molecule has 0 unspecified atom stereocenters. The van der Waals surface area contributed by atoms with Crippen molar-refractivity contribution < 1.29 is 31.1 Å². The molecule has 1 amide bonds. The maximum absolute atomic E-state index is 13.0. The summed E-state index contributed by atoms with van der Waals surface area (Å²) in [7, 11) is 1.34. The van der Waals surface area contributed by atoms with Gasteiger partial charge in [0.15, 0.2) is 11.4 Å². The molecule has 6 nitrogen and oxygen atoms in total. The van der Waals surface area contributed by atoms with Gasteiger partial charge in [0, 0.05) is 24.7 Å². The molecule has 0 saturated carbocycles. The lowest BCUT2D eigenvalue weighted by atomic mass is 10.3. The van der Waals surface area contributed by atoms with Crippen LogP contribution in [0.1, 0.15) is 26.8 Å². The fourth-order valence-electron chi connectivity index (χ4n) is 2.60. The van der Waals surface area contributed by atoms with Crippen LogP contribution in [0.15, 0.2) is 12.1 Å². The van der Waals surface area contributed by atoms with Crippen LogP contribution < -0.4 is 5.32 Å². The van der Waals surface area contributed by atoms with E-state index in [1.165, 1.54) is 14.0 Å². The largest absolute Gasteiger partial charge is 0.435 e. The third-order valence-corrected chi connectivity index (χ3v) is 5.09. The summed E-state index contributed by atoms with van der Waals surface area (Å²) in [6.07, 6.45) is -9.22. The fourth-order valence-corrected chi connectivity index (χ4v) is 3.59. The summed E-state index contributed by atoms with van der Waals surface area (Å²) in [5.41, 5.74) is -1.84. The molecule has 3 aromatic rings. The third-order valence-electron chi connectivity index (χ3n) is 3.88. The van der Waals surface area contributed by atoms with E-state index in [1.54, 1.807) is 0 Å². The van der Waals surface area contributed by atoms with Crippen molar-refractivity contribution >= 4 is 27.5 Å². The summed E-state index contributed by atoms with van der Waals surface area (Å²) >= 11 is 0.843. The van der Waals surface area contributed by atoms with Crippen molar-refractivity contribution in [1.29, 1.82) is 0 Å². The van der Waals surface area contributed by atoms with E-state index in [1.807, 2.05) is 0 Å². The first kappa shape index (κ1) is 20.2. The van der Waals surface area contributed by atoms with Gasteiger partial charge < -0.3 is 5.32 Å². The maximum Gasteiger partial charge on any atom is 0.435 e. The number of halogens is 6. The number of nitrogens with one attached hydrogen (secondary N) is 1. The highest BCUT2D eigenvalue weighted by Crippen LogP contribution is 2.37. The Morgan fingerprint density at radius 3 is 2.39 bits per heavy atom. The van der Waals surface area contributed by atoms with Gasteiger partial charge in [-0.2, -0.15) is 36.5 Å². The first-order valence-electron chi connectivity index (χ1n) is 7.81. The van der Waals surface area contributed by atoms with E-state index in [9.17, 15) is 31.1 Å². The molecule has 3 heterocycles. The van der Waals surface area contributed by atoms with Crippen LogP contribution >= 0.6 is 11.3 Å². The van der Waals surface area contributed by atoms with Gasteiger partial charge >= 0.3 is 12.4 Å². The Hall–Kier alpha value is -2.57. The fraction of sp³-hybridized carbons (Fsp3) is 0.400. The molecular weight excluding hydrogens is 412 g/mol. The van der Waals surface area contributed by atoms with Crippen molar-refractivity contribution in [3.05, 3.63) is 34.1 Å². The standard InChI is InChI=1S/C15H13F6N5OS/c1-7-5-10(14(16,17)18)23-26(7)4-3-22-12(27)9-6-8-11(15(19,20)21)24-25(2)13(8)28-9/h5-6H,3-4H2,1-2H3,(H,22,27). The van der Waals surface area contributed by atoms with Crippen LogP contribution in [-0.2, 0) is 25.9 Å². The minimum absolute atomic E-state index is 0.0199. The topological polar surface area (TPSA) is 64.7 Å². The number of carbonyl (C=O) groups is 1. The average molecular weight is 425 g/mol. The number of aromatic nitrogens is 4. The highest BCUT2D eigenvalue weighted by Gasteiger charge is 2.37. The molecule has 0 saturated heterocycles. The van der Waals surface area contributed by atoms with E-state index in [-0.39, 0.29) is 33.9 Å². The molecule has 0 bridgehead atoms. The van der Waals surface area contributed by atoms with Gasteiger partial charge in [-0.15, -0.1) is 11.3 Å². The van der Waals surface area contributed by atoms with Crippen LogP contribution in [0.4, 0.5) is 26.3 Å². The molecule has 3 rings (SSSR count). The minimum atomic E-state index is -4.65. The Bertz CT molecular complexity index is 1030. The SMILES string of the molecule is Cc1cc(C(F)(F)F)nn1CCNC(=O)c1cc2c(C(F)(F)F)nn(C)c2s1. The number of nitrogens with zero attached hydrogens (tertiary/aromatic N) is 4. The lowest BCUT2D eigenvalue weighted by Gasteiger charge is -2.06. The van der Waals surface area contributed by atoms with Gasteiger partial charge in [-0.1, -0.05) is 0 Å². The van der Waals surface area contributed by atoms with Crippen LogP contribution in [0.3, 0.4) is 0 Å². The van der Waals surface area contributed by atoms with E-state index in [0.717, 1.165) is 32.8 Å². The van der Waals surface area contributed by atoms with E-state index in [0.29, 0.717) is 0 Å². The van der Waals surface area contributed by atoms with Crippen molar-refractivity contribution in [3.8, 4) is 0 Å². The second kappa shape index (κ2) is 6.79. The van der Waals surface area contributed by atoms with E-state index >= 15 is 0 Å². The zero-order valence-corrected chi connectivity index (χ0v) is 15.3. The number of fused-ring (bicyclic) bond motifs is 1. The summed E-state index contributed by atoms with van der Waals surface area (Å²) in [6, 6.07) is 1.99. The minimum Gasteiger partial charge on any atom is -0.349 e. The normalized spacial score (nSPS) is 12.7. The Morgan fingerprint density at radius 1 is 1.14 bits per heavy atom. The van der Waals surface area contributed by atoms with Gasteiger partial charge in [0.25, 0.3) is 5.91 Å². The molecule has 0 atom stereocenters. The molecule has 0 radical (unpaired) electrons. The van der Waals surface area contributed by atoms with Crippen LogP contribution in [0.25, 0.3) is 10.2 Å².